The molecule has 17 heavy (non-hydrogen) atoms. The smallest absolute Gasteiger partial charge is 0.378 e. The van der Waals surface area contributed by atoms with Gasteiger partial charge in [-0.25, -0.2) is 9.48 Å². The third-order valence-electron chi connectivity index (χ3n) is 1.94. The molecule has 0 aromatic carbocycles. The average Bonchev–Trinajstić information content (AvgIpc) is 2.89. The largest absolute Gasteiger partial charge is 0.460 e. The third-order valence-corrected chi connectivity index (χ3v) is 3.50. The molecular formula is C9H9BrN4O2S. The molecule has 2 rings (SSSR count). The maximum Gasteiger partial charge on any atom is 0.378 e. The van der Waals surface area contributed by atoms with Crippen molar-refractivity contribution in [1.82, 2.24) is 20.2 Å². The number of rotatable bonds is 4. The summed E-state index contributed by atoms with van der Waals surface area (Å²) in [6, 6.07) is 1.96. The molecule has 0 amide bonds. The summed E-state index contributed by atoms with van der Waals surface area (Å²) < 4.78 is 7.31. The van der Waals surface area contributed by atoms with E-state index >= 15 is 0 Å². The molecular weight excluding hydrogens is 308 g/mol. The minimum Gasteiger partial charge on any atom is -0.460 e. The summed E-state index contributed by atoms with van der Waals surface area (Å²) in [6.07, 6.45) is 0. The van der Waals surface area contributed by atoms with Crippen LogP contribution in [-0.4, -0.2) is 32.8 Å². The monoisotopic (exact) mass is 316 g/mol. The van der Waals surface area contributed by atoms with Gasteiger partial charge in [-0.05, 0) is 50.3 Å². The number of thiophene rings is 1. The maximum absolute atomic E-state index is 11.5. The van der Waals surface area contributed by atoms with Crippen LogP contribution in [0.1, 0.15) is 23.1 Å². The molecule has 0 fully saturated rings. The summed E-state index contributed by atoms with van der Waals surface area (Å²) in [6.45, 7) is 2.49. The van der Waals surface area contributed by atoms with Gasteiger partial charge < -0.3 is 4.74 Å². The molecule has 90 valence electrons. The van der Waals surface area contributed by atoms with Gasteiger partial charge in [0, 0.05) is 0 Å². The van der Waals surface area contributed by atoms with E-state index in [9.17, 15) is 4.79 Å². The van der Waals surface area contributed by atoms with E-state index in [1.54, 1.807) is 18.3 Å². The van der Waals surface area contributed by atoms with Crippen molar-refractivity contribution in [3.05, 3.63) is 26.6 Å². The van der Waals surface area contributed by atoms with Gasteiger partial charge in [0.2, 0.25) is 0 Å². The van der Waals surface area contributed by atoms with Gasteiger partial charge in [0.25, 0.3) is 5.82 Å². The first-order valence-corrected chi connectivity index (χ1v) is 6.54. The van der Waals surface area contributed by atoms with Gasteiger partial charge in [0.05, 0.1) is 16.9 Å². The van der Waals surface area contributed by atoms with Crippen LogP contribution < -0.4 is 0 Å². The van der Waals surface area contributed by atoms with Gasteiger partial charge in [-0.15, -0.1) is 16.4 Å². The van der Waals surface area contributed by atoms with Crippen LogP contribution in [0.15, 0.2) is 15.2 Å². The first-order valence-electron chi connectivity index (χ1n) is 4.87. The van der Waals surface area contributed by atoms with E-state index < -0.39 is 5.97 Å². The van der Waals surface area contributed by atoms with Gasteiger partial charge in [-0.2, -0.15) is 0 Å². The second-order valence-corrected chi connectivity index (χ2v) is 5.43. The summed E-state index contributed by atoms with van der Waals surface area (Å²) in [5, 5.41) is 12.9. The number of hydrogen-bond acceptors (Lipinski definition) is 6. The van der Waals surface area contributed by atoms with Crippen LogP contribution in [0.5, 0.6) is 0 Å². The van der Waals surface area contributed by atoms with E-state index in [4.69, 9.17) is 4.74 Å². The Morgan fingerprint density at radius 2 is 2.47 bits per heavy atom. The summed E-state index contributed by atoms with van der Waals surface area (Å²) in [7, 11) is 0. The van der Waals surface area contributed by atoms with E-state index in [0.29, 0.717) is 13.2 Å². The number of halogens is 1. The molecule has 6 nitrogen and oxygen atoms in total. The normalized spacial score (nSPS) is 10.5. The van der Waals surface area contributed by atoms with E-state index in [0.717, 1.165) is 9.35 Å². The van der Waals surface area contributed by atoms with Crippen molar-refractivity contribution in [3.8, 4) is 0 Å². The first-order chi connectivity index (χ1) is 8.20. The Morgan fingerprint density at radius 3 is 3.12 bits per heavy atom. The zero-order valence-corrected chi connectivity index (χ0v) is 11.4. The Bertz CT molecular complexity index is 525. The average molecular weight is 317 g/mol. The van der Waals surface area contributed by atoms with E-state index in [2.05, 4.69) is 31.5 Å². The molecule has 0 saturated carbocycles. The molecule has 0 aliphatic rings. The van der Waals surface area contributed by atoms with E-state index in [-0.39, 0.29) is 5.82 Å². The first kappa shape index (κ1) is 12.2. The summed E-state index contributed by atoms with van der Waals surface area (Å²) in [4.78, 5) is 11.5. The van der Waals surface area contributed by atoms with Crippen LogP contribution >= 0.6 is 27.3 Å². The lowest BCUT2D eigenvalue weighted by molar-refractivity contribution is 0.0505. The summed E-state index contributed by atoms with van der Waals surface area (Å²) in [5.41, 5.74) is 1.03. The van der Waals surface area contributed by atoms with Crippen molar-refractivity contribution in [2.75, 3.05) is 6.61 Å². The predicted octanol–water partition coefficient (Wildman–Crippen LogP) is 1.72. The Morgan fingerprint density at radius 1 is 1.65 bits per heavy atom. The lowest BCUT2D eigenvalue weighted by Gasteiger charge is -2.02. The zero-order chi connectivity index (χ0) is 12.3. The number of carbonyl (C=O) groups is 1. The Balaban J connectivity index is 2.16. The molecule has 0 aliphatic carbocycles. The summed E-state index contributed by atoms with van der Waals surface area (Å²) >= 11 is 4.94. The number of hydrogen-bond donors (Lipinski definition) is 0. The number of tetrazole rings is 1. The van der Waals surface area contributed by atoms with Gasteiger partial charge in [0.1, 0.15) is 0 Å². The standard InChI is InChI=1S/C9H9BrN4O2S/c1-2-16-9(15)8-11-12-13-14(8)4-6-3-7(10)17-5-6/h3,5H,2,4H2,1H3. The quantitative estimate of drug-likeness (QED) is 0.803. The van der Waals surface area contributed by atoms with E-state index in [1.165, 1.54) is 4.68 Å². The molecule has 2 aromatic heterocycles. The van der Waals surface area contributed by atoms with E-state index in [1.807, 2.05) is 11.4 Å². The molecule has 0 spiro atoms. The minimum absolute atomic E-state index is 0.120. The minimum atomic E-state index is -0.508. The highest BCUT2D eigenvalue weighted by atomic mass is 79.9. The van der Waals surface area contributed by atoms with Gasteiger partial charge >= 0.3 is 5.97 Å². The second kappa shape index (κ2) is 5.37. The van der Waals surface area contributed by atoms with Gasteiger partial charge in [-0.1, -0.05) is 0 Å². The number of aromatic nitrogens is 4. The molecule has 2 aromatic rings. The highest BCUT2D eigenvalue weighted by molar-refractivity contribution is 9.11. The van der Waals surface area contributed by atoms with Crippen molar-refractivity contribution in [3.63, 3.8) is 0 Å². The Hall–Kier alpha value is -1.28. The molecule has 0 aliphatic heterocycles. The fraction of sp³-hybridized carbons (Fsp3) is 0.333. The predicted molar refractivity (Wildman–Crippen MR) is 64.9 cm³/mol. The van der Waals surface area contributed by atoms with Gasteiger partial charge in [-0.3, -0.25) is 0 Å². The maximum atomic E-state index is 11.5. The van der Waals surface area contributed by atoms with Gasteiger partial charge in [0.15, 0.2) is 0 Å². The lowest BCUT2D eigenvalue weighted by atomic mass is 10.3. The zero-order valence-electron chi connectivity index (χ0n) is 8.96. The topological polar surface area (TPSA) is 69.9 Å². The molecule has 0 radical (unpaired) electrons. The molecule has 0 N–H and O–H groups in total. The second-order valence-electron chi connectivity index (χ2n) is 3.14. The van der Waals surface area contributed by atoms with Crippen molar-refractivity contribution in [1.29, 1.82) is 0 Å². The molecule has 0 atom stereocenters. The van der Waals surface area contributed by atoms with Crippen LogP contribution in [0.25, 0.3) is 0 Å². The number of ether oxygens (including phenoxy) is 1. The molecule has 8 heteroatoms. The highest BCUT2D eigenvalue weighted by Gasteiger charge is 2.16. The molecule has 2 heterocycles. The number of esters is 1. The van der Waals surface area contributed by atoms with Crippen molar-refractivity contribution in [2.24, 2.45) is 0 Å². The lowest BCUT2D eigenvalue weighted by Crippen LogP contribution is -2.14. The number of carbonyl (C=O) groups excluding carboxylic acids is 1. The summed E-state index contributed by atoms with van der Waals surface area (Å²) in [5.74, 6) is -0.388. The van der Waals surface area contributed by atoms with Crippen LogP contribution in [0.3, 0.4) is 0 Å². The molecule has 0 bridgehead atoms. The molecule has 0 unspecified atom stereocenters. The number of nitrogens with zero attached hydrogens (tertiary/aromatic N) is 4. The highest BCUT2D eigenvalue weighted by Crippen LogP contribution is 2.21. The SMILES string of the molecule is CCOC(=O)c1nnnn1Cc1csc(Br)c1. The Kier molecular flexibility index (Phi) is 3.85. The van der Waals surface area contributed by atoms with Crippen molar-refractivity contribution >= 4 is 33.2 Å². The fourth-order valence-corrected chi connectivity index (χ4v) is 2.45. The van der Waals surface area contributed by atoms with Crippen LogP contribution in [0.4, 0.5) is 0 Å². The van der Waals surface area contributed by atoms with Crippen LogP contribution in [-0.2, 0) is 11.3 Å². The van der Waals surface area contributed by atoms with Crippen LogP contribution in [0, 0.1) is 0 Å². The Labute approximate surface area is 110 Å². The fourth-order valence-electron chi connectivity index (χ4n) is 1.25. The van der Waals surface area contributed by atoms with Crippen LogP contribution in [0.2, 0.25) is 0 Å². The third kappa shape index (κ3) is 2.89. The van der Waals surface area contributed by atoms with Crippen molar-refractivity contribution < 1.29 is 9.53 Å². The molecule has 0 saturated heterocycles. The van der Waals surface area contributed by atoms with Crippen molar-refractivity contribution in [2.45, 2.75) is 13.5 Å².